The lowest BCUT2D eigenvalue weighted by atomic mass is 10.2. The number of halogens is 1. The molecule has 0 aliphatic rings. The van der Waals surface area contributed by atoms with E-state index in [1.54, 1.807) is 25.2 Å². The number of anilines is 1. The minimum Gasteiger partial charge on any atom is -0.385 e. The molecule has 1 heterocycles. The molecule has 0 saturated carbocycles. The van der Waals surface area contributed by atoms with Gasteiger partial charge in [-0.15, -0.1) is 0 Å². The van der Waals surface area contributed by atoms with Gasteiger partial charge in [-0.3, -0.25) is 4.79 Å². The Hall–Kier alpha value is -1.41. The van der Waals surface area contributed by atoms with E-state index >= 15 is 0 Å². The number of amides is 1. The van der Waals surface area contributed by atoms with E-state index < -0.39 is 0 Å². The van der Waals surface area contributed by atoms with Crippen LogP contribution in [-0.4, -0.2) is 56.3 Å². The van der Waals surface area contributed by atoms with Crippen LogP contribution in [-0.2, 0) is 9.47 Å². The second-order valence-electron chi connectivity index (χ2n) is 4.33. The lowest BCUT2D eigenvalue weighted by Gasteiger charge is -2.22. The molecule has 0 radical (unpaired) electrons. The number of rotatable bonds is 9. The largest absolute Gasteiger partial charge is 0.385 e. The summed E-state index contributed by atoms with van der Waals surface area (Å²) < 4.78 is 10.0. The molecule has 0 saturated heterocycles. The van der Waals surface area contributed by atoms with E-state index in [9.17, 15) is 4.79 Å². The number of hydrogen-bond acceptors (Lipinski definition) is 6. The summed E-state index contributed by atoms with van der Waals surface area (Å²) in [7, 11) is 3.22. The number of hydrazine groups is 1. The van der Waals surface area contributed by atoms with Gasteiger partial charge in [-0.2, -0.15) is 0 Å². The first-order valence-corrected chi connectivity index (χ1v) is 6.91. The van der Waals surface area contributed by atoms with Crippen LogP contribution in [0, 0.1) is 0 Å². The standard InChI is InChI=1S/C13H21ClN4O3/c1-20-6-3-4-18(5-7-21-2)13(19)10-8-11(14)12(17-15)16-9-10/h8-9H,3-7,15H2,1-2H3,(H,16,17). The first-order valence-electron chi connectivity index (χ1n) is 6.53. The average molecular weight is 317 g/mol. The number of pyridine rings is 1. The third-order valence-corrected chi connectivity index (χ3v) is 3.14. The Labute approximate surface area is 129 Å². The van der Waals surface area contributed by atoms with Crippen LogP contribution in [0.4, 0.5) is 5.82 Å². The van der Waals surface area contributed by atoms with Gasteiger partial charge in [0.15, 0.2) is 5.82 Å². The Kier molecular flexibility index (Phi) is 7.99. The maximum absolute atomic E-state index is 12.5. The summed E-state index contributed by atoms with van der Waals surface area (Å²) in [4.78, 5) is 18.2. The van der Waals surface area contributed by atoms with Crippen molar-refractivity contribution in [2.45, 2.75) is 6.42 Å². The molecule has 0 bridgehead atoms. The molecule has 1 aromatic rings. The summed E-state index contributed by atoms with van der Waals surface area (Å²) in [5.41, 5.74) is 2.77. The number of carbonyl (C=O) groups is 1. The van der Waals surface area contributed by atoms with Crippen molar-refractivity contribution in [1.29, 1.82) is 0 Å². The van der Waals surface area contributed by atoms with Gasteiger partial charge in [-0.05, 0) is 12.5 Å². The van der Waals surface area contributed by atoms with E-state index in [2.05, 4.69) is 10.4 Å². The molecule has 0 aliphatic heterocycles. The van der Waals surface area contributed by atoms with Gasteiger partial charge in [0.1, 0.15) is 0 Å². The van der Waals surface area contributed by atoms with Gasteiger partial charge in [-0.25, -0.2) is 10.8 Å². The van der Waals surface area contributed by atoms with Crippen LogP contribution in [0.1, 0.15) is 16.8 Å². The highest BCUT2D eigenvalue weighted by atomic mass is 35.5. The van der Waals surface area contributed by atoms with Gasteiger partial charge < -0.3 is 19.8 Å². The molecule has 0 aliphatic carbocycles. The van der Waals surface area contributed by atoms with E-state index in [1.807, 2.05) is 0 Å². The molecule has 118 valence electrons. The van der Waals surface area contributed by atoms with Crippen LogP contribution in [0.25, 0.3) is 0 Å². The highest BCUT2D eigenvalue weighted by molar-refractivity contribution is 6.33. The van der Waals surface area contributed by atoms with E-state index in [4.69, 9.17) is 26.9 Å². The minimum atomic E-state index is -0.152. The molecule has 0 unspecified atom stereocenters. The van der Waals surface area contributed by atoms with Crippen molar-refractivity contribution in [2.24, 2.45) is 5.84 Å². The second-order valence-corrected chi connectivity index (χ2v) is 4.74. The van der Waals surface area contributed by atoms with Crippen LogP contribution in [0.5, 0.6) is 0 Å². The molecular formula is C13H21ClN4O3. The van der Waals surface area contributed by atoms with E-state index in [0.29, 0.717) is 42.7 Å². The Morgan fingerprint density at radius 2 is 2.10 bits per heavy atom. The molecule has 21 heavy (non-hydrogen) atoms. The van der Waals surface area contributed by atoms with Crippen LogP contribution in [0.2, 0.25) is 5.02 Å². The smallest absolute Gasteiger partial charge is 0.255 e. The van der Waals surface area contributed by atoms with Crippen molar-refractivity contribution in [2.75, 3.05) is 45.9 Å². The van der Waals surface area contributed by atoms with Gasteiger partial charge in [0.05, 0.1) is 17.2 Å². The summed E-state index contributed by atoms with van der Waals surface area (Å²) >= 11 is 5.99. The summed E-state index contributed by atoms with van der Waals surface area (Å²) in [6.07, 6.45) is 2.19. The van der Waals surface area contributed by atoms with Crippen LogP contribution in [0.15, 0.2) is 12.3 Å². The Morgan fingerprint density at radius 1 is 1.38 bits per heavy atom. The molecule has 1 aromatic heterocycles. The van der Waals surface area contributed by atoms with Gasteiger partial charge >= 0.3 is 0 Å². The number of ether oxygens (including phenoxy) is 2. The van der Waals surface area contributed by atoms with Crippen molar-refractivity contribution in [3.8, 4) is 0 Å². The Morgan fingerprint density at radius 3 is 2.67 bits per heavy atom. The normalized spacial score (nSPS) is 10.5. The van der Waals surface area contributed by atoms with Gasteiger partial charge in [0.25, 0.3) is 5.91 Å². The summed E-state index contributed by atoms with van der Waals surface area (Å²) in [5, 5.41) is 0.298. The zero-order chi connectivity index (χ0) is 15.7. The molecule has 0 spiro atoms. The molecule has 3 N–H and O–H groups in total. The predicted molar refractivity (Wildman–Crippen MR) is 81.3 cm³/mol. The van der Waals surface area contributed by atoms with Crippen molar-refractivity contribution in [1.82, 2.24) is 9.88 Å². The van der Waals surface area contributed by atoms with Crippen molar-refractivity contribution in [3.63, 3.8) is 0 Å². The molecular weight excluding hydrogens is 296 g/mol. The number of nitrogens with zero attached hydrogens (tertiary/aromatic N) is 2. The van der Waals surface area contributed by atoms with Crippen molar-refractivity contribution in [3.05, 3.63) is 22.8 Å². The molecule has 0 atom stereocenters. The first kappa shape index (κ1) is 17.6. The maximum Gasteiger partial charge on any atom is 0.255 e. The number of carbonyl (C=O) groups excluding carboxylic acids is 1. The third kappa shape index (κ3) is 5.47. The number of hydrogen-bond donors (Lipinski definition) is 2. The fourth-order valence-corrected chi connectivity index (χ4v) is 1.98. The average Bonchev–Trinajstić information content (AvgIpc) is 2.50. The van der Waals surface area contributed by atoms with Gasteiger partial charge in [0, 0.05) is 40.1 Å². The number of nitrogen functional groups attached to an aromatic ring is 1. The SMILES string of the molecule is COCCCN(CCOC)C(=O)c1cnc(NN)c(Cl)c1. The molecule has 0 aromatic carbocycles. The van der Waals surface area contributed by atoms with E-state index in [1.165, 1.54) is 6.20 Å². The quantitative estimate of drug-likeness (QED) is 0.403. The lowest BCUT2D eigenvalue weighted by Crippen LogP contribution is -2.35. The lowest BCUT2D eigenvalue weighted by molar-refractivity contribution is 0.0674. The fourth-order valence-electron chi connectivity index (χ4n) is 1.76. The minimum absolute atomic E-state index is 0.152. The first-order chi connectivity index (χ1) is 10.1. The van der Waals surface area contributed by atoms with Crippen molar-refractivity contribution < 1.29 is 14.3 Å². The highest BCUT2D eigenvalue weighted by Crippen LogP contribution is 2.19. The zero-order valence-corrected chi connectivity index (χ0v) is 13.0. The number of methoxy groups -OCH3 is 2. The number of aromatic nitrogens is 1. The maximum atomic E-state index is 12.5. The van der Waals surface area contributed by atoms with Crippen LogP contribution in [0.3, 0.4) is 0 Å². The van der Waals surface area contributed by atoms with Crippen molar-refractivity contribution >= 4 is 23.3 Å². The third-order valence-electron chi connectivity index (χ3n) is 2.85. The molecule has 1 rings (SSSR count). The molecule has 7 nitrogen and oxygen atoms in total. The van der Waals surface area contributed by atoms with Gasteiger partial charge in [-0.1, -0.05) is 11.6 Å². The molecule has 1 amide bonds. The summed E-state index contributed by atoms with van der Waals surface area (Å²) in [5.74, 6) is 5.44. The van der Waals surface area contributed by atoms with E-state index in [-0.39, 0.29) is 5.91 Å². The predicted octanol–water partition coefficient (Wildman–Crippen LogP) is 1.15. The van der Waals surface area contributed by atoms with Gasteiger partial charge in [0.2, 0.25) is 0 Å². The van der Waals surface area contributed by atoms with E-state index in [0.717, 1.165) is 6.42 Å². The topological polar surface area (TPSA) is 89.7 Å². The fraction of sp³-hybridized carbons (Fsp3) is 0.538. The number of nitrogens with two attached hydrogens (primary N) is 1. The Balaban J connectivity index is 2.80. The van der Waals surface area contributed by atoms with Crippen LogP contribution < -0.4 is 11.3 Å². The summed E-state index contributed by atoms with van der Waals surface area (Å²) in [6, 6.07) is 1.54. The monoisotopic (exact) mass is 316 g/mol. The molecule has 0 fully saturated rings. The van der Waals surface area contributed by atoms with Crippen LogP contribution >= 0.6 is 11.6 Å². The summed E-state index contributed by atoms with van der Waals surface area (Å²) in [6.45, 7) is 2.12. The zero-order valence-electron chi connectivity index (χ0n) is 12.3. The number of nitrogens with one attached hydrogen (secondary N) is 1. The molecule has 8 heteroatoms. The highest BCUT2D eigenvalue weighted by Gasteiger charge is 2.17. The Bertz CT molecular complexity index is 459. The second kappa shape index (κ2) is 9.51.